The quantitative estimate of drug-likeness (QED) is 0.817. The highest BCUT2D eigenvalue weighted by atomic mass is 16.3. The molecule has 0 saturated carbocycles. The third-order valence-electron chi connectivity index (χ3n) is 3.72. The van der Waals surface area contributed by atoms with E-state index in [1.807, 2.05) is 0 Å². The van der Waals surface area contributed by atoms with Gasteiger partial charge in [0.05, 0.1) is 6.10 Å². The maximum Gasteiger partial charge on any atom is 0.0583 e. The van der Waals surface area contributed by atoms with Crippen molar-refractivity contribution in [2.75, 3.05) is 0 Å². The fourth-order valence-corrected chi connectivity index (χ4v) is 3.08. The van der Waals surface area contributed by atoms with Crippen LogP contribution in [0.25, 0.3) is 0 Å². The number of benzene rings is 1. The van der Waals surface area contributed by atoms with Crippen molar-refractivity contribution in [1.29, 1.82) is 0 Å². The Balaban J connectivity index is 2.58. The van der Waals surface area contributed by atoms with Crippen LogP contribution in [0.3, 0.4) is 0 Å². The molecule has 1 nitrogen and oxygen atoms in total. The van der Waals surface area contributed by atoms with E-state index in [1.54, 1.807) is 0 Å². The minimum absolute atomic E-state index is 0.225. The van der Waals surface area contributed by atoms with Crippen LogP contribution in [-0.4, -0.2) is 11.2 Å². The molecule has 0 aliphatic rings. The molecule has 0 radical (unpaired) electrons. The lowest BCUT2D eigenvalue weighted by Gasteiger charge is -2.25. The van der Waals surface area contributed by atoms with Crippen LogP contribution in [0.5, 0.6) is 0 Å². The summed E-state index contributed by atoms with van der Waals surface area (Å²) in [7, 11) is 0. The molecule has 2 unspecified atom stereocenters. The summed E-state index contributed by atoms with van der Waals surface area (Å²) >= 11 is 0. The molecule has 0 aliphatic carbocycles. The maximum absolute atomic E-state index is 10.3. The van der Waals surface area contributed by atoms with Crippen LogP contribution in [-0.2, 0) is 6.42 Å². The van der Waals surface area contributed by atoms with Gasteiger partial charge in [0.25, 0.3) is 0 Å². The zero-order valence-electron chi connectivity index (χ0n) is 13.5. The second-order valence-corrected chi connectivity index (χ2v) is 7.33. The third kappa shape index (κ3) is 5.78. The highest BCUT2D eigenvalue weighted by Crippen LogP contribution is 2.27. The smallest absolute Gasteiger partial charge is 0.0583 e. The molecule has 1 heteroatoms. The lowest BCUT2D eigenvalue weighted by atomic mass is 9.82. The summed E-state index contributed by atoms with van der Waals surface area (Å²) in [6, 6.07) is 6.35. The monoisotopic (exact) mass is 262 g/mol. The molecule has 19 heavy (non-hydrogen) atoms. The van der Waals surface area contributed by atoms with Crippen molar-refractivity contribution in [2.45, 2.75) is 66.9 Å². The molecule has 1 rings (SSSR count). The number of rotatable bonds is 5. The van der Waals surface area contributed by atoms with Gasteiger partial charge in [-0.1, -0.05) is 45.9 Å². The molecule has 1 aromatic carbocycles. The minimum Gasteiger partial charge on any atom is -0.393 e. The number of hydrogen-bond donors (Lipinski definition) is 1. The SMILES string of the molecule is Cc1cccc(C)c1CC(O)CC(C)CC(C)(C)C. The first-order valence-corrected chi connectivity index (χ1v) is 7.42. The van der Waals surface area contributed by atoms with E-state index in [1.165, 1.54) is 16.7 Å². The van der Waals surface area contributed by atoms with E-state index in [-0.39, 0.29) is 6.10 Å². The average molecular weight is 262 g/mol. The molecule has 0 bridgehead atoms. The van der Waals surface area contributed by atoms with Crippen molar-refractivity contribution < 1.29 is 5.11 Å². The zero-order chi connectivity index (χ0) is 14.6. The van der Waals surface area contributed by atoms with Crippen molar-refractivity contribution in [3.63, 3.8) is 0 Å². The Bertz CT molecular complexity index is 380. The van der Waals surface area contributed by atoms with Crippen LogP contribution in [0.2, 0.25) is 0 Å². The number of aliphatic hydroxyl groups is 1. The van der Waals surface area contributed by atoms with E-state index < -0.39 is 0 Å². The van der Waals surface area contributed by atoms with Gasteiger partial charge in [-0.25, -0.2) is 0 Å². The maximum atomic E-state index is 10.3. The van der Waals surface area contributed by atoms with Crippen molar-refractivity contribution in [1.82, 2.24) is 0 Å². The lowest BCUT2D eigenvalue weighted by Crippen LogP contribution is -2.19. The Labute approximate surface area is 119 Å². The van der Waals surface area contributed by atoms with Gasteiger partial charge in [-0.05, 0) is 61.1 Å². The summed E-state index contributed by atoms with van der Waals surface area (Å²) in [6.45, 7) is 13.3. The van der Waals surface area contributed by atoms with E-state index in [0.29, 0.717) is 11.3 Å². The Kier molecular flexibility index (Phi) is 5.61. The second kappa shape index (κ2) is 6.56. The predicted octanol–water partition coefficient (Wildman–Crippen LogP) is 4.67. The highest BCUT2D eigenvalue weighted by Gasteiger charge is 2.19. The Morgan fingerprint density at radius 2 is 1.63 bits per heavy atom. The predicted molar refractivity (Wildman–Crippen MR) is 83.5 cm³/mol. The first kappa shape index (κ1) is 16.2. The van der Waals surface area contributed by atoms with Crippen molar-refractivity contribution in [3.05, 3.63) is 34.9 Å². The molecule has 0 heterocycles. The van der Waals surface area contributed by atoms with Gasteiger partial charge in [0.2, 0.25) is 0 Å². The standard InChI is InChI=1S/C18H30O/c1-13(12-18(4,5)6)10-16(19)11-17-14(2)8-7-9-15(17)3/h7-9,13,16,19H,10-12H2,1-6H3. The molecule has 0 aromatic heterocycles. The zero-order valence-corrected chi connectivity index (χ0v) is 13.5. The molecular formula is C18H30O. The van der Waals surface area contributed by atoms with Crippen LogP contribution in [0.4, 0.5) is 0 Å². The summed E-state index contributed by atoms with van der Waals surface area (Å²) in [5.41, 5.74) is 4.25. The number of aliphatic hydroxyl groups excluding tert-OH is 1. The lowest BCUT2D eigenvalue weighted by molar-refractivity contribution is 0.132. The van der Waals surface area contributed by atoms with E-state index in [0.717, 1.165) is 19.3 Å². The first-order chi connectivity index (χ1) is 8.69. The molecule has 2 atom stereocenters. The average Bonchev–Trinajstić information content (AvgIpc) is 2.20. The van der Waals surface area contributed by atoms with E-state index >= 15 is 0 Å². The van der Waals surface area contributed by atoms with Crippen LogP contribution in [0.1, 0.15) is 57.2 Å². The van der Waals surface area contributed by atoms with Crippen LogP contribution < -0.4 is 0 Å². The van der Waals surface area contributed by atoms with E-state index in [9.17, 15) is 5.11 Å². The van der Waals surface area contributed by atoms with Crippen molar-refractivity contribution >= 4 is 0 Å². The Morgan fingerprint density at radius 3 is 2.11 bits per heavy atom. The topological polar surface area (TPSA) is 20.2 Å². The summed E-state index contributed by atoms with van der Waals surface area (Å²) in [5, 5.41) is 10.3. The van der Waals surface area contributed by atoms with E-state index in [2.05, 4.69) is 59.7 Å². The Hall–Kier alpha value is -0.820. The molecule has 0 amide bonds. The third-order valence-corrected chi connectivity index (χ3v) is 3.72. The van der Waals surface area contributed by atoms with E-state index in [4.69, 9.17) is 0 Å². The van der Waals surface area contributed by atoms with Crippen LogP contribution in [0.15, 0.2) is 18.2 Å². The summed E-state index contributed by atoms with van der Waals surface area (Å²) in [5.74, 6) is 0.569. The van der Waals surface area contributed by atoms with Gasteiger partial charge in [-0.15, -0.1) is 0 Å². The van der Waals surface area contributed by atoms with Crippen LogP contribution in [0, 0.1) is 25.2 Å². The van der Waals surface area contributed by atoms with Crippen molar-refractivity contribution in [3.8, 4) is 0 Å². The summed E-state index contributed by atoms with van der Waals surface area (Å²) in [4.78, 5) is 0. The summed E-state index contributed by atoms with van der Waals surface area (Å²) in [6.07, 6.45) is 2.62. The summed E-state index contributed by atoms with van der Waals surface area (Å²) < 4.78 is 0. The minimum atomic E-state index is -0.225. The second-order valence-electron chi connectivity index (χ2n) is 7.33. The largest absolute Gasteiger partial charge is 0.393 e. The molecule has 0 saturated heterocycles. The Morgan fingerprint density at radius 1 is 1.11 bits per heavy atom. The fourth-order valence-electron chi connectivity index (χ4n) is 3.08. The highest BCUT2D eigenvalue weighted by molar-refractivity contribution is 5.33. The van der Waals surface area contributed by atoms with Gasteiger partial charge in [0.15, 0.2) is 0 Å². The molecular weight excluding hydrogens is 232 g/mol. The molecule has 1 N–H and O–H groups in total. The van der Waals surface area contributed by atoms with Gasteiger partial charge in [-0.3, -0.25) is 0 Å². The van der Waals surface area contributed by atoms with Crippen molar-refractivity contribution in [2.24, 2.45) is 11.3 Å². The fraction of sp³-hybridized carbons (Fsp3) is 0.667. The molecule has 1 aromatic rings. The first-order valence-electron chi connectivity index (χ1n) is 7.42. The molecule has 0 fully saturated rings. The van der Waals surface area contributed by atoms with Gasteiger partial charge in [0, 0.05) is 0 Å². The molecule has 108 valence electrons. The van der Waals surface area contributed by atoms with Crippen LogP contribution >= 0.6 is 0 Å². The van der Waals surface area contributed by atoms with Gasteiger partial charge in [-0.2, -0.15) is 0 Å². The van der Waals surface area contributed by atoms with Gasteiger partial charge < -0.3 is 5.11 Å². The normalized spacial score (nSPS) is 15.3. The van der Waals surface area contributed by atoms with Gasteiger partial charge >= 0.3 is 0 Å². The van der Waals surface area contributed by atoms with Gasteiger partial charge in [0.1, 0.15) is 0 Å². The number of hydrogen-bond acceptors (Lipinski definition) is 1. The molecule has 0 aliphatic heterocycles. The number of aryl methyl sites for hydroxylation is 2. The molecule has 0 spiro atoms.